The maximum absolute atomic E-state index is 11.5. The molecule has 1 aromatic heterocycles. The van der Waals surface area contributed by atoms with E-state index >= 15 is 0 Å². The Kier molecular flexibility index (Phi) is 3.27. The van der Waals surface area contributed by atoms with Crippen molar-refractivity contribution < 1.29 is 8.42 Å². The molecule has 1 aromatic rings. The van der Waals surface area contributed by atoms with Crippen LogP contribution in [0.1, 0.15) is 12.6 Å². The number of aryl methyl sites for hydroxylation is 1. The molecule has 0 radical (unpaired) electrons. The van der Waals surface area contributed by atoms with E-state index in [0.717, 1.165) is 0 Å². The van der Waals surface area contributed by atoms with E-state index in [4.69, 9.17) is 5.26 Å². The fourth-order valence-electron chi connectivity index (χ4n) is 0.903. The van der Waals surface area contributed by atoms with Gasteiger partial charge in [0.15, 0.2) is 5.25 Å². The summed E-state index contributed by atoms with van der Waals surface area (Å²) in [5.41, 5.74) is 0.978. The van der Waals surface area contributed by atoms with Crippen molar-refractivity contribution in [2.24, 2.45) is 0 Å². The molecule has 1 atom stereocenters. The van der Waals surface area contributed by atoms with Crippen molar-refractivity contribution in [2.75, 3.05) is 4.72 Å². The van der Waals surface area contributed by atoms with Crippen LogP contribution in [0.2, 0.25) is 0 Å². The first-order valence-corrected chi connectivity index (χ1v) is 5.85. The van der Waals surface area contributed by atoms with Crippen LogP contribution in [0.5, 0.6) is 0 Å². The smallest absolute Gasteiger partial charge is 0.248 e. The van der Waals surface area contributed by atoms with Crippen molar-refractivity contribution in [3.63, 3.8) is 0 Å². The van der Waals surface area contributed by atoms with Gasteiger partial charge in [-0.2, -0.15) is 5.26 Å². The summed E-state index contributed by atoms with van der Waals surface area (Å²) >= 11 is 0. The van der Waals surface area contributed by atoms with Gasteiger partial charge in [-0.15, -0.1) is 0 Å². The molecule has 0 aliphatic carbocycles. The minimum atomic E-state index is -3.64. The highest BCUT2D eigenvalue weighted by Gasteiger charge is 2.20. The number of nitrogens with one attached hydrogen (secondary N) is 1. The minimum absolute atomic E-state index is 0.402. The lowest BCUT2D eigenvalue weighted by atomic mass is 10.3. The van der Waals surface area contributed by atoms with Gasteiger partial charge in [-0.05, 0) is 26.0 Å². The van der Waals surface area contributed by atoms with Crippen LogP contribution in [-0.2, 0) is 10.0 Å². The van der Waals surface area contributed by atoms with E-state index in [9.17, 15) is 8.42 Å². The third-order valence-electron chi connectivity index (χ3n) is 1.91. The van der Waals surface area contributed by atoms with Crippen LogP contribution in [0, 0.1) is 18.3 Å². The van der Waals surface area contributed by atoms with Gasteiger partial charge in [-0.3, -0.25) is 9.71 Å². The van der Waals surface area contributed by atoms with Gasteiger partial charge in [0.2, 0.25) is 10.0 Å². The van der Waals surface area contributed by atoms with Gasteiger partial charge in [0.05, 0.1) is 17.5 Å². The SMILES string of the molecule is Cc1ncccc1NS(=O)(=O)C(C)C#N. The fraction of sp³-hybridized carbons (Fsp3) is 0.333. The third kappa shape index (κ3) is 2.67. The number of nitriles is 1. The molecule has 0 spiro atoms. The largest absolute Gasteiger partial charge is 0.281 e. The zero-order valence-electron chi connectivity index (χ0n) is 8.43. The average Bonchev–Trinajstić information content (AvgIpc) is 2.20. The predicted molar refractivity (Wildman–Crippen MR) is 56.6 cm³/mol. The molecule has 0 bridgehead atoms. The molecule has 1 unspecified atom stereocenters. The number of rotatable bonds is 3. The predicted octanol–water partition coefficient (Wildman–Crippen LogP) is 1.04. The summed E-state index contributed by atoms with van der Waals surface area (Å²) in [6.45, 7) is 3.02. The topological polar surface area (TPSA) is 82.8 Å². The van der Waals surface area contributed by atoms with E-state index in [1.165, 1.54) is 6.92 Å². The summed E-state index contributed by atoms with van der Waals surface area (Å²) in [6.07, 6.45) is 1.57. The van der Waals surface area contributed by atoms with Gasteiger partial charge < -0.3 is 0 Å². The number of aromatic nitrogens is 1. The van der Waals surface area contributed by atoms with Crippen molar-refractivity contribution >= 4 is 15.7 Å². The Bertz CT molecular complexity index is 490. The second-order valence-electron chi connectivity index (χ2n) is 3.05. The first-order chi connectivity index (χ1) is 6.97. The van der Waals surface area contributed by atoms with Crippen molar-refractivity contribution in [2.45, 2.75) is 19.1 Å². The number of pyridine rings is 1. The molecular formula is C9H11N3O2S. The van der Waals surface area contributed by atoms with E-state index in [2.05, 4.69) is 9.71 Å². The van der Waals surface area contributed by atoms with Gasteiger partial charge in [0.25, 0.3) is 0 Å². The van der Waals surface area contributed by atoms with Gasteiger partial charge in [0.1, 0.15) is 0 Å². The summed E-state index contributed by atoms with van der Waals surface area (Å²) in [6, 6.07) is 4.90. The molecular weight excluding hydrogens is 214 g/mol. The quantitative estimate of drug-likeness (QED) is 0.833. The van der Waals surface area contributed by atoms with Gasteiger partial charge in [-0.25, -0.2) is 8.42 Å². The van der Waals surface area contributed by atoms with E-state index in [0.29, 0.717) is 11.4 Å². The maximum atomic E-state index is 11.5. The minimum Gasteiger partial charge on any atom is -0.281 e. The van der Waals surface area contributed by atoms with Crippen molar-refractivity contribution in [1.82, 2.24) is 4.98 Å². The molecule has 6 heteroatoms. The molecule has 15 heavy (non-hydrogen) atoms. The molecule has 0 amide bonds. The zero-order valence-corrected chi connectivity index (χ0v) is 9.25. The zero-order chi connectivity index (χ0) is 11.5. The van der Waals surface area contributed by atoms with Crippen LogP contribution >= 0.6 is 0 Å². The second kappa shape index (κ2) is 4.28. The lowest BCUT2D eigenvalue weighted by Crippen LogP contribution is -2.24. The molecule has 5 nitrogen and oxygen atoms in total. The van der Waals surface area contributed by atoms with Gasteiger partial charge >= 0.3 is 0 Å². The third-order valence-corrected chi connectivity index (χ3v) is 3.45. The highest BCUT2D eigenvalue weighted by Crippen LogP contribution is 2.14. The number of hydrogen-bond acceptors (Lipinski definition) is 4. The summed E-state index contributed by atoms with van der Waals surface area (Å²) in [5, 5.41) is 7.45. The Morgan fingerprint density at radius 2 is 2.27 bits per heavy atom. The Hall–Kier alpha value is -1.61. The first kappa shape index (κ1) is 11.5. The van der Waals surface area contributed by atoms with Crippen molar-refractivity contribution in [1.29, 1.82) is 5.26 Å². The van der Waals surface area contributed by atoms with Crippen molar-refractivity contribution in [3.05, 3.63) is 24.0 Å². The highest BCUT2D eigenvalue weighted by molar-refractivity contribution is 7.93. The number of hydrogen-bond donors (Lipinski definition) is 1. The molecule has 1 N–H and O–H groups in total. The summed E-state index contributed by atoms with van der Waals surface area (Å²) in [4.78, 5) is 3.94. The summed E-state index contributed by atoms with van der Waals surface area (Å²) in [7, 11) is -3.64. The fourth-order valence-corrected chi connectivity index (χ4v) is 1.74. The monoisotopic (exact) mass is 225 g/mol. The Balaban J connectivity index is 2.98. The molecule has 0 fully saturated rings. The van der Waals surface area contributed by atoms with Crippen LogP contribution in [0.25, 0.3) is 0 Å². The van der Waals surface area contributed by atoms with Crippen LogP contribution in [-0.4, -0.2) is 18.7 Å². The molecule has 0 aliphatic heterocycles. The normalized spacial score (nSPS) is 12.9. The molecule has 0 aliphatic rings. The standard InChI is InChI=1S/C9H11N3O2S/c1-7(6-10)15(13,14)12-9-4-3-5-11-8(9)2/h3-5,7,12H,1-2H3. The van der Waals surface area contributed by atoms with Crippen LogP contribution in [0.15, 0.2) is 18.3 Å². The molecule has 0 saturated carbocycles. The van der Waals surface area contributed by atoms with E-state index in [-0.39, 0.29) is 0 Å². The van der Waals surface area contributed by atoms with Crippen LogP contribution < -0.4 is 4.72 Å². The van der Waals surface area contributed by atoms with Crippen LogP contribution in [0.3, 0.4) is 0 Å². The van der Waals surface area contributed by atoms with Crippen molar-refractivity contribution in [3.8, 4) is 6.07 Å². The maximum Gasteiger partial charge on any atom is 0.248 e. The van der Waals surface area contributed by atoms with E-state index in [1.807, 2.05) is 0 Å². The van der Waals surface area contributed by atoms with E-state index in [1.54, 1.807) is 31.3 Å². The Morgan fingerprint density at radius 3 is 2.80 bits per heavy atom. The second-order valence-corrected chi connectivity index (χ2v) is 5.06. The molecule has 0 aromatic carbocycles. The molecule has 80 valence electrons. The molecule has 1 heterocycles. The number of nitrogens with zero attached hydrogens (tertiary/aromatic N) is 2. The highest BCUT2D eigenvalue weighted by atomic mass is 32.2. The van der Waals surface area contributed by atoms with Gasteiger partial charge in [-0.1, -0.05) is 0 Å². The first-order valence-electron chi connectivity index (χ1n) is 4.30. The average molecular weight is 225 g/mol. The number of sulfonamides is 1. The lowest BCUT2D eigenvalue weighted by Gasteiger charge is -2.10. The number of anilines is 1. The summed E-state index contributed by atoms with van der Waals surface area (Å²) in [5.74, 6) is 0. The molecule has 0 saturated heterocycles. The Labute approximate surface area is 88.8 Å². The van der Waals surface area contributed by atoms with Gasteiger partial charge in [0, 0.05) is 6.20 Å². The molecule has 1 rings (SSSR count). The van der Waals surface area contributed by atoms with E-state index < -0.39 is 15.3 Å². The Morgan fingerprint density at radius 1 is 1.60 bits per heavy atom. The van der Waals surface area contributed by atoms with Crippen LogP contribution in [0.4, 0.5) is 5.69 Å². The lowest BCUT2D eigenvalue weighted by molar-refractivity contribution is 0.597. The summed E-state index contributed by atoms with van der Waals surface area (Å²) < 4.78 is 25.4.